The number of rotatable bonds is 61. The van der Waals surface area contributed by atoms with E-state index in [9.17, 15) is 20.1 Å². The third kappa shape index (κ3) is 54.9. The van der Waals surface area contributed by atoms with Crippen LogP contribution in [0, 0.1) is 0 Å². The SMILES string of the molecule is CCCCCCCCCCCCCCCCCCCCCCCCCCCCCCCCCCC(=O)NC(CO)C(O)C(O)CCCCCCCCCCCCCCCCCCCCCCCCC. The average molecular weight is 977 g/mol. The lowest BCUT2D eigenvalue weighted by atomic mass is 9.99. The predicted octanol–water partition coefficient (Wildman–Crippen LogP) is 20.5. The van der Waals surface area contributed by atoms with E-state index >= 15 is 0 Å². The molecule has 0 aliphatic heterocycles. The average Bonchev–Trinajstić information content (AvgIpc) is 3.35. The molecule has 1 amide bonds. The Hall–Kier alpha value is -0.650. The molecule has 5 heteroatoms. The second kappa shape index (κ2) is 59.9. The fraction of sp³-hybridized carbons (Fsp3) is 0.984. The molecule has 69 heavy (non-hydrogen) atoms. The first-order chi connectivity index (χ1) is 34.1. The molecule has 0 fully saturated rings. The fourth-order valence-corrected chi connectivity index (χ4v) is 10.8. The lowest BCUT2D eigenvalue weighted by Crippen LogP contribution is -2.50. The Kier molecular flexibility index (Phi) is 59.3. The van der Waals surface area contributed by atoms with Gasteiger partial charge in [0.25, 0.3) is 0 Å². The summed E-state index contributed by atoms with van der Waals surface area (Å²) in [6.45, 7) is 4.24. The third-order valence-corrected chi connectivity index (χ3v) is 15.7. The molecule has 3 unspecified atom stereocenters. The number of amides is 1. The highest BCUT2D eigenvalue weighted by molar-refractivity contribution is 5.76. The quantitative estimate of drug-likeness (QED) is 0.0457. The van der Waals surface area contributed by atoms with Crippen molar-refractivity contribution < 1.29 is 20.1 Å². The van der Waals surface area contributed by atoms with Crippen molar-refractivity contribution >= 4 is 5.91 Å². The maximum absolute atomic E-state index is 12.6. The van der Waals surface area contributed by atoms with Crippen molar-refractivity contribution in [2.45, 2.75) is 398 Å². The van der Waals surface area contributed by atoms with Gasteiger partial charge in [-0.15, -0.1) is 0 Å². The molecule has 0 aromatic heterocycles. The molecule has 0 aliphatic rings. The topological polar surface area (TPSA) is 89.8 Å². The molecule has 0 rings (SSSR count). The summed E-state index contributed by atoms with van der Waals surface area (Å²) >= 11 is 0. The second-order valence-corrected chi connectivity index (χ2v) is 22.7. The molecule has 4 N–H and O–H groups in total. The van der Waals surface area contributed by atoms with Gasteiger partial charge in [-0.3, -0.25) is 4.79 Å². The van der Waals surface area contributed by atoms with E-state index in [2.05, 4.69) is 19.2 Å². The Balaban J connectivity index is 3.44. The summed E-state index contributed by atoms with van der Waals surface area (Å²) in [5.41, 5.74) is 0. The van der Waals surface area contributed by atoms with Crippen LogP contribution < -0.4 is 5.32 Å². The van der Waals surface area contributed by atoms with E-state index in [4.69, 9.17) is 0 Å². The minimum atomic E-state index is -1.13. The molecule has 5 nitrogen and oxygen atoms in total. The molecule has 0 bridgehead atoms. The Morgan fingerprint density at radius 1 is 0.304 bits per heavy atom. The maximum atomic E-state index is 12.6. The van der Waals surface area contributed by atoms with Crippen LogP contribution in [0.2, 0.25) is 0 Å². The van der Waals surface area contributed by atoms with Gasteiger partial charge in [0.1, 0.15) is 6.10 Å². The first-order valence-corrected chi connectivity index (χ1v) is 32.3. The first kappa shape index (κ1) is 68.4. The van der Waals surface area contributed by atoms with Crippen LogP contribution >= 0.6 is 0 Å². The Labute approximate surface area is 434 Å². The lowest BCUT2D eigenvalue weighted by Gasteiger charge is -2.26. The van der Waals surface area contributed by atoms with Gasteiger partial charge in [-0.2, -0.15) is 0 Å². The summed E-state index contributed by atoms with van der Waals surface area (Å²) in [6.07, 6.45) is 74.4. The monoisotopic (exact) mass is 976 g/mol. The van der Waals surface area contributed by atoms with Crippen molar-refractivity contribution in [2.24, 2.45) is 0 Å². The lowest BCUT2D eigenvalue weighted by molar-refractivity contribution is -0.124. The number of aliphatic hydroxyl groups excluding tert-OH is 3. The largest absolute Gasteiger partial charge is 0.394 e. The molecule has 0 heterocycles. The van der Waals surface area contributed by atoms with Crippen molar-refractivity contribution in [1.29, 1.82) is 0 Å². The van der Waals surface area contributed by atoms with E-state index in [-0.39, 0.29) is 12.5 Å². The number of hydrogen-bond donors (Lipinski definition) is 4. The molecule has 0 aromatic rings. The van der Waals surface area contributed by atoms with Gasteiger partial charge in [0, 0.05) is 6.42 Å². The van der Waals surface area contributed by atoms with Gasteiger partial charge in [0.2, 0.25) is 5.91 Å². The number of aliphatic hydroxyl groups is 3. The van der Waals surface area contributed by atoms with Crippen LogP contribution in [-0.4, -0.2) is 46.1 Å². The third-order valence-electron chi connectivity index (χ3n) is 15.7. The smallest absolute Gasteiger partial charge is 0.220 e. The van der Waals surface area contributed by atoms with Crippen LogP contribution in [0.15, 0.2) is 0 Å². The van der Waals surface area contributed by atoms with E-state index in [1.165, 1.54) is 321 Å². The molecule has 0 aliphatic carbocycles. The fourth-order valence-electron chi connectivity index (χ4n) is 10.8. The normalized spacial score (nSPS) is 13.1. The molecule has 0 aromatic carbocycles. The summed E-state index contributed by atoms with van der Waals surface area (Å²) in [5.74, 6) is -0.134. The van der Waals surface area contributed by atoms with Gasteiger partial charge in [0.15, 0.2) is 0 Å². The van der Waals surface area contributed by atoms with Crippen molar-refractivity contribution in [3.8, 4) is 0 Å². The molecular formula is C64H129NO4. The Morgan fingerprint density at radius 3 is 0.696 bits per heavy atom. The van der Waals surface area contributed by atoms with Gasteiger partial charge < -0.3 is 20.6 Å². The van der Waals surface area contributed by atoms with Crippen molar-refractivity contribution in [3.63, 3.8) is 0 Å². The summed E-state index contributed by atoms with van der Waals surface area (Å²) in [5, 5.41) is 33.9. The van der Waals surface area contributed by atoms with E-state index in [1.54, 1.807) is 0 Å². The summed E-state index contributed by atoms with van der Waals surface area (Å²) < 4.78 is 0. The van der Waals surface area contributed by atoms with Gasteiger partial charge in [-0.1, -0.05) is 361 Å². The summed E-state index contributed by atoms with van der Waals surface area (Å²) in [7, 11) is 0. The number of carbonyl (C=O) groups is 1. The Morgan fingerprint density at radius 2 is 0.493 bits per heavy atom. The van der Waals surface area contributed by atoms with Gasteiger partial charge in [0.05, 0.1) is 18.8 Å². The highest BCUT2D eigenvalue weighted by atomic mass is 16.3. The van der Waals surface area contributed by atoms with Gasteiger partial charge in [-0.05, 0) is 12.8 Å². The van der Waals surface area contributed by atoms with E-state index in [0.29, 0.717) is 12.8 Å². The molecule has 0 spiro atoms. The van der Waals surface area contributed by atoms with E-state index < -0.39 is 18.2 Å². The summed E-state index contributed by atoms with van der Waals surface area (Å²) in [6, 6.07) is -0.805. The molecular weight excluding hydrogens is 847 g/mol. The molecule has 3 atom stereocenters. The maximum Gasteiger partial charge on any atom is 0.220 e. The van der Waals surface area contributed by atoms with Crippen LogP contribution in [0.4, 0.5) is 0 Å². The first-order valence-electron chi connectivity index (χ1n) is 32.3. The van der Waals surface area contributed by atoms with Crippen LogP contribution in [0.3, 0.4) is 0 Å². The Bertz CT molecular complexity index is 944. The van der Waals surface area contributed by atoms with Crippen LogP contribution in [0.25, 0.3) is 0 Å². The molecule has 0 radical (unpaired) electrons. The van der Waals surface area contributed by atoms with Crippen LogP contribution in [0.5, 0.6) is 0 Å². The molecule has 0 saturated heterocycles. The zero-order chi connectivity index (χ0) is 50.0. The highest BCUT2D eigenvalue weighted by Gasteiger charge is 2.26. The van der Waals surface area contributed by atoms with Crippen LogP contribution in [-0.2, 0) is 4.79 Å². The number of nitrogens with one attached hydrogen (secondary N) is 1. The van der Waals surface area contributed by atoms with Gasteiger partial charge >= 0.3 is 0 Å². The van der Waals surface area contributed by atoms with E-state index in [0.717, 1.165) is 32.1 Å². The zero-order valence-corrected chi connectivity index (χ0v) is 47.5. The zero-order valence-electron chi connectivity index (χ0n) is 47.5. The second-order valence-electron chi connectivity index (χ2n) is 22.7. The molecule has 0 saturated carbocycles. The standard InChI is InChI=1S/C64H129NO4/c1-3-5-7-9-11-13-15-17-19-21-23-25-27-28-29-30-31-32-33-34-35-37-39-41-43-45-47-49-51-53-55-57-59-63(68)65-61(60-66)64(69)62(67)58-56-54-52-50-48-46-44-42-40-38-36-26-24-22-20-18-16-14-12-10-8-6-4-2/h61-62,64,66-67,69H,3-60H2,1-2H3,(H,65,68). The minimum Gasteiger partial charge on any atom is -0.394 e. The number of carbonyl (C=O) groups excluding carboxylic acids is 1. The van der Waals surface area contributed by atoms with Crippen molar-refractivity contribution in [3.05, 3.63) is 0 Å². The highest BCUT2D eigenvalue weighted by Crippen LogP contribution is 2.20. The number of unbranched alkanes of at least 4 members (excludes halogenated alkanes) is 53. The molecule has 414 valence electrons. The van der Waals surface area contributed by atoms with E-state index in [1.807, 2.05) is 0 Å². The minimum absolute atomic E-state index is 0.134. The van der Waals surface area contributed by atoms with Crippen molar-refractivity contribution in [2.75, 3.05) is 6.61 Å². The number of hydrogen-bond acceptors (Lipinski definition) is 4. The summed E-state index contributed by atoms with van der Waals surface area (Å²) in [4.78, 5) is 12.6. The van der Waals surface area contributed by atoms with Gasteiger partial charge in [-0.25, -0.2) is 0 Å². The predicted molar refractivity (Wildman–Crippen MR) is 306 cm³/mol. The van der Waals surface area contributed by atoms with Crippen molar-refractivity contribution in [1.82, 2.24) is 5.32 Å². The van der Waals surface area contributed by atoms with Crippen LogP contribution in [0.1, 0.15) is 380 Å².